The van der Waals surface area contributed by atoms with Crippen LogP contribution in [-0.2, 0) is 9.59 Å². The number of hydrogen-bond acceptors (Lipinski definition) is 5. The molecule has 1 aliphatic heterocycles. The highest BCUT2D eigenvalue weighted by Gasteiger charge is 2.35. The van der Waals surface area contributed by atoms with Gasteiger partial charge in [0, 0.05) is 40.8 Å². The molecular formula is C18H15BrN4O5. The van der Waals surface area contributed by atoms with Crippen molar-refractivity contribution in [1.29, 1.82) is 0 Å². The lowest BCUT2D eigenvalue weighted by molar-refractivity contribution is -0.384. The van der Waals surface area contributed by atoms with E-state index in [1.165, 1.54) is 29.2 Å². The Morgan fingerprint density at radius 3 is 2.32 bits per heavy atom. The van der Waals surface area contributed by atoms with Gasteiger partial charge < -0.3 is 4.90 Å². The summed E-state index contributed by atoms with van der Waals surface area (Å²) < 4.78 is 0.823. The number of halogens is 1. The SMILES string of the molecule is O=C(NNC(=O)[C@H]1CC(=O)N(c2ccc([N+](=O)[O-])cc2)C1)c1ccc(Br)cc1. The molecule has 0 spiro atoms. The van der Waals surface area contributed by atoms with Crippen molar-refractivity contribution in [2.75, 3.05) is 11.4 Å². The van der Waals surface area contributed by atoms with E-state index in [-0.39, 0.29) is 24.6 Å². The maximum Gasteiger partial charge on any atom is 0.269 e. The second kappa shape index (κ2) is 8.17. The zero-order valence-electron chi connectivity index (χ0n) is 14.4. The van der Waals surface area contributed by atoms with E-state index < -0.39 is 22.7 Å². The standard InChI is InChI=1S/C18H15BrN4O5/c19-13-3-1-11(2-4-13)17(25)20-21-18(26)12-9-16(24)22(10-12)14-5-7-15(8-6-14)23(27)28/h1-8,12H,9-10H2,(H,20,25)(H,21,26)/t12-/m0/s1. The minimum Gasteiger partial charge on any atom is -0.312 e. The lowest BCUT2D eigenvalue weighted by Gasteiger charge is -2.16. The fourth-order valence-electron chi connectivity index (χ4n) is 2.78. The first-order chi connectivity index (χ1) is 13.3. The summed E-state index contributed by atoms with van der Waals surface area (Å²) >= 11 is 3.27. The Balaban J connectivity index is 1.58. The van der Waals surface area contributed by atoms with Crippen LogP contribution in [0.15, 0.2) is 53.0 Å². The van der Waals surface area contributed by atoms with Gasteiger partial charge in [-0.05, 0) is 36.4 Å². The van der Waals surface area contributed by atoms with Crippen LogP contribution in [-0.4, -0.2) is 29.2 Å². The van der Waals surface area contributed by atoms with Gasteiger partial charge in [0.05, 0.1) is 10.8 Å². The van der Waals surface area contributed by atoms with E-state index in [2.05, 4.69) is 26.8 Å². The molecule has 9 nitrogen and oxygen atoms in total. The average Bonchev–Trinajstić information content (AvgIpc) is 3.08. The summed E-state index contributed by atoms with van der Waals surface area (Å²) in [6, 6.07) is 12.1. The Kier molecular flexibility index (Phi) is 5.69. The second-order valence-corrected chi connectivity index (χ2v) is 7.04. The molecular weight excluding hydrogens is 432 g/mol. The van der Waals surface area contributed by atoms with Crippen LogP contribution >= 0.6 is 15.9 Å². The van der Waals surface area contributed by atoms with Crippen LogP contribution in [0.2, 0.25) is 0 Å². The van der Waals surface area contributed by atoms with Crippen molar-refractivity contribution in [1.82, 2.24) is 10.9 Å². The molecule has 0 aromatic heterocycles. The minimum absolute atomic E-state index is 0.0169. The third-order valence-electron chi connectivity index (χ3n) is 4.27. The molecule has 28 heavy (non-hydrogen) atoms. The molecule has 1 fully saturated rings. The summed E-state index contributed by atoms with van der Waals surface area (Å²) in [5.41, 5.74) is 5.43. The number of non-ortho nitro benzene ring substituents is 1. The Hall–Kier alpha value is -3.27. The van der Waals surface area contributed by atoms with Gasteiger partial charge in [-0.3, -0.25) is 35.3 Å². The summed E-state index contributed by atoms with van der Waals surface area (Å²) in [4.78, 5) is 48.1. The van der Waals surface area contributed by atoms with Gasteiger partial charge in [-0.15, -0.1) is 0 Å². The van der Waals surface area contributed by atoms with E-state index in [4.69, 9.17) is 0 Å². The van der Waals surface area contributed by atoms with Gasteiger partial charge in [0.25, 0.3) is 11.6 Å². The molecule has 144 valence electrons. The van der Waals surface area contributed by atoms with E-state index in [1.807, 2.05) is 0 Å². The highest BCUT2D eigenvalue weighted by molar-refractivity contribution is 9.10. The normalized spacial score (nSPS) is 16.0. The molecule has 1 saturated heterocycles. The van der Waals surface area contributed by atoms with Crippen molar-refractivity contribution in [3.05, 3.63) is 68.7 Å². The van der Waals surface area contributed by atoms with E-state index in [0.717, 1.165) is 4.47 Å². The number of benzene rings is 2. The third kappa shape index (κ3) is 4.34. The lowest BCUT2D eigenvalue weighted by atomic mass is 10.1. The number of hydrazine groups is 1. The Labute approximate surface area is 168 Å². The first-order valence-electron chi connectivity index (χ1n) is 8.26. The van der Waals surface area contributed by atoms with Crippen LogP contribution in [0.5, 0.6) is 0 Å². The average molecular weight is 447 g/mol. The fourth-order valence-corrected chi connectivity index (χ4v) is 3.05. The van der Waals surface area contributed by atoms with E-state index in [1.54, 1.807) is 24.3 Å². The highest BCUT2D eigenvalue weighted by Crippen LogP contribution is 2.26. The quantitative estimate of drug-likeness (QED) is 0.550. The minimum atomic E-state index is -0.645. The number of nitrogens with one attached hydrogen (secondary N) is 2. The highest BCUT2D eigenvalue weighted by atomic mass is 79.9. The number of rotatable bonds is 4. The van der Waals surface area contributed by atoms with Gasteiger partial charge in [-0.1, -0.05) is 15.9 Å². The molecule has 10 heteroatoms. The number of carbonyl (C=O) groups is 3. The van der Waals surface area contributed by atoms with Crippen molar-refractivity contribution >= 4 is 45.0 Å². The van der Waals surface area contributed by atoms with Gasteiger partial charge in [0.2, 0.25) is 11.8 Å². The van der Waals surface area contributed by atoms with Gasteiger partial charge in [0.15, 0.2) is 0 Å². The van der Waals surface area contributed by atoms with Crippen molar-refractivity contribution < 1.29 is 19.3 Å². The molecule has 0 radical (unpaired) electrons. The van der Waals surface area contributed by atoms with E-state index >= 15 is 0 Å². The smallest absolute Gasteiger partial charge is 0.269 e. The summed E-state index contributed by atoms with van der Waals surface area (Å²) in [6.45, 7) is 0.122. The Morgan fingerprint density at radius 2 is 1.71 bits per heavy atom. The molecule has 1 aliphatic rings. The molecule has 2 aromatic carbocycles. The molecule has 3 amide bonds. The van der Waals surface area contributed by atoms with E-state index in [0.29, 0.717) is 11.3 Å². The van der Waals surface area contributed by atoms with Crippen LogP contribution in [0.25, 0.3) is 0 Å². The van der Waals surface area contributed by atoms with Crippen molar-refractivity contribution in [2.45, 2.75) is 6.42 Å². The Bertz CT molecular complexity index is 930. The first-order valence-corrected chi connectivity index (χ1v) is 9.05. The fraction of sp³-hybridized carbons (Fsp3) is 0.167. The van der Waals surface area contributed by atoms with Crippen molar-refractivity contribution in [2.24, 2.45) is 5.92 Å². The van der Waals surface area contributed by atoms with Crippen LogP contribution in [0, 0.1) is 16.0 Å². The largest absolute Gasteiger partial charge is 0.312 e. The third-order valence-corrected chi connectivity index (χ3v) is 4.80. The summed E-state index contributed by atoms with van der Waals surface area (Å²) in [7, 11) is 0. The molecule has 0 aliphatic carbocycles. The van der Waals surface area contributed by atoms with Gasteiger partial charge in [-0.25, -0.2) is 0 Å². The van der Waals surface area contributed by atoms with Crippen LogP contribution in [0.4, 0.5) is 11.4 Å². The van der Waals surface area contributed by atoms with Crippen LogP contribution < -0.4 is 15.8 Å². The molecule has 0 bridgehead atoms. The van der Waals surface area contributed by atoms with Gasteiger partial charge in [0.1, 0.15) is 0 Å². The van der Waals surface area contributed by atoms with Gasteiger partial charge in [-0.2, -0.15) is 0 Å². The molecule has 2 aromatic rings. The molecule has 0 saturated carbocycles. The zero-order valence-corrected chi connectivity index (χ0v) is 16.0. The molecule has 2 N–H and O–H groups in total. The molecule has 0 unspecified atom stereocenters. The summed E-state index contributed by atoms with van der Waals surface area (Å²) in [5.74, 6) is -1.87. The van der Waals surface area contributed by atoms with Crippen molar-refractivity contribution in [3.8, 4) is 0 Å². The van der Waals surface area contributed by atoms with Gasteiger partial charge >= 0.3 is 0 Å². The van der Waals surface area contributed by atoms with E-state index in [9.17, 15) is 24.5 Å². The molecule has 3 rings (SSSR count). The maximum absolute atomic E-state index is 12.3. The van der Waals surface area contributed by atoms with Crippen LogP contribution in [0.3, 0.4) is 0 Å². The zero-order chi connectivity index (χ0) is 20.3. The predicted octanol–water partition coefficient (Wildman–Crippen LogP) is 2.17. The Morgan fingerprint density at radius 1 is 1.07 bits per heavy atom. The maximum atomic E-state index is 12.3. The number of amides is 3. The topological polar surface area (TPSA) is 122 Å². The summed E-state index contributed by atoms with van der Waals surface area (Å²) in [5, 5.41) is 10.7. The molecule has 1 atom stereocenters. The lowest BCUT2D eigenvalue weighted by Crippen LogP contribution is -2.45. The second-order valence-electron chi connectivity index (χ2n) is 6.13. The summed E-state index contributed by atoms with van der Waals surface area (Å²) in [6.07, 6.45) is -0.0169. The number of nitro benzene ring substituents is 1. The van der Waals surface area contributed by atoms with Crippen molar-refractivity contribution in [3.63, 3.8) is 0 Å². The number of hydrogen-bond donors (Lipinski definition) is 2. The number of nitro groups is 1. The number of anilines is 1. The molecule has 1 heterocycles. The monoisotopic (exact) mass is 446 g/mol. The first kappa shape index (κ1) is 19.5. The van der Waals surface area contributed by atoms with Crippen LogP contribution in [0.1, 0.15) is 16.8 Å². The number of nitrogens with zero attached hydrogens (tertiary/aromatic N) is 2. The number of carbonyl (C=O) groups excluding carboxylic acids is 3. The predicted molar refractivity (Wildman–Crippen MR) is 103 cm³/mol.